The van der Waals surface area contributed by atoms with E-state index in [1.165, 1.54) is 12.8 Å². The first-order valence-electron chi connectivity index (χ1n) is 5.37. The zero-order chi connectivity index (χ0) is 10.2. The highest BCUT2D eigenvalue weighted by Gasteiger charge is 2.10. The Balaban J connectivity index is 2.14. The summed E-state index contributed by atoms with van der Waals surface area (Å²) in [7, 11) is 0. The summed E-state index contributed by atoms with van der Waals surface area (Å²) in [6.45, 7) is 4.49. The number of hydrogen-bond acceptors (Lipinski definition) is 3. The summed E-state index contributed by atoms with van der Waals surface area (Å²) in [6.07, 6.45) is 6.92. The second-order valence-corrected chi connectivity index (χ2v) is 3.58. The van der Waals surface area contributed by atoms with Gasteiger partial charge in [0.2, 0.25) is 0 Å². The van der Waals surface area contributed by atoms with Crippen LogP contribution in [-0.4, -0.2) is 25.7 Å². The maximum Gasteiger partial charge on any atom is 0.330 e. The Kier molecular flexibility index (Phi) is 5.30. The van der Waals surface area contributed by atoms with E-state index < -0.39 is 0 Å². The van der Waals surface area contributed by atoms with Crippen LogP contribution in [0.3, 0.4) is 0 Å². The molecule has 1 aliphatic heterocycles. The van der Waals surface area contributed by atoms with Crippen LogP contribution in [0.25, 0.3) is 0 Å². The Labute approximate surface area is 85.5 Å². The lowest BCUT2D eigenvalue weighted by Crippen LogP contribution is -2.27. The lowest BCUT2D eigenvalue weighted by atomic mass is 9.95. The summed E-state index contributed by atoms with van der Waals surface area (Å²) in [6, 6.07) is 0. The monoisotopic (exact) mass is 197 g/mol. The second kappa shape index (κ2) is 6.60. The summed E-state index contributed by atoms with van der Waals surface area (Å²) in [4.78, 5) is 11.0. The van der Waals surface area contributed by atoms with Gasteiger partial charge < -0.3 is 10.1 Å². The molecule has 1 heterocycles. The molecule has 1 N–H and O–H groups in total. The molecule has 0 saturated carbocycles. The maximum absolute atomic E-state index is 11.0. The summed E-state index contributed by atoms with van der Waals surface area (Å²) in [5, 5.41) is 3.32. The van der Waals surface area contributed by atoms with E-state index in [9.17, 15) is 4.79 Å². The van der Waals surface area contributed by atoms with Crippen molar-refractivity contribution in [3.8, 4) is 0 Å². The highest BCUT2D eigenvalue weighted by atomic mass is 16.5. The molecule has 80 valence electrons. The first-order valence-corrected chi connectivity index (χ1v) is 5.37. The number of carbonyl (C=O) groups excluding carboxylic acids is 1. The molecule has 1 saturated heterocycles. The molecule has 14 heavy (non-hydrogen) atoms. The minimum absolute atomic E-state index is 0.221. The Morgan fingerprint density at radius 2 is 2.21 bits per heavy atom. The van der Waals surface area contributed by atoms with Gasteiger partial charge in [0.25, 0.3) is 0 Å². The highest BCUT2D eigenvalue weighted by molar-refractivity contribution is 5.81. The van der Waals surface area contributed by atoms with Crippen molar-refractivity contribution in [3.63, 3.8) is 0 Å². The van der Waals surface area contributed by atoms with Crippen LogP contribution in [-0.2, 0) is 9.53 Å². The van der Waals surface area contributed by atoms with Gasteiger partial charge in [-0.15, -0.1) is 0 Å². The van der Waals surface area contributed by atoms with Crippen LogP contribution in [0.1, 0.15) is 26.2 Å². The maximum atomic E-state index is 11.0. The van der Waals surface area contributed by atoms with Gasteiger partial charge in [-0.2, -0.15) is 0 Å². The molecule has 1 rings (SSSR count). The van der Waals surface area contributed by atoms with Crippen LogP contribution in [0.4, 0.5) is 0 Å². The molecule has 0 aromatic rings. The molecule has 0 spiro atoms. The molecule has 0 bridgehead atoms. The highest BCUT2D eigenvalue weighted by Crippen LogP contribution is 2.15. The van der Waals surface area contributed by atoms with Gasteiger partial charge >= 0.3 is 5.97 Å². The standard InChI is InChI=1S/C11H19NO2/c1-2-14-11(13)5-3-4-10-6-8-12-9-7-10/h3,5,10,12H,2,4,6-9H2,1H3. The minimum Gasteiger partial charge on any atom is -0.463 e. The molecule has 3 nitrogen and oxygen atoms in total. The fourth-order valence-electron chi connectivity index (χ4n) is 1.66. The SMILES string of the molecule is CCOC(=O)C=CCC1CCNCC1. The fraction of sp³-hybridized carbons (Fsp3) is 0.727. The lowest BCUT2D eigenvalue weighted by Gasteiger charge is -2.20. The van der Waals surface area contributed by atoms with E-state index in [4.69, 9.17) is 4.74 Å². The predicted octanol–water partition coefficient (Wildman–Crippen LogP) is 1.50. The van der Waals surface area contributed by atoms with Crippen LogP contribution < -0.4 is 5.32 Å². The summed E-state index contributed by atoms with van der Waals surface area (Å²) < 4.78 is 4.79. The van der Waals surface area contributed by atoms with Crippen LogP contribution in [0.5, 0.6) is 0 Å². The van der Waals surface area contributed by atoms with Crippen LogP contribution in [0.2, 0.25) is 0 Å². The molecule has 0 radical (unpaired) electrons. The molecule has 0 aromatic heterocycles. The molecule has 0 aliphatic carbocycles. The predicted molar refractivity (Wildman–Crippen MR) is 56.0 cm³/mol. The van der Waals surface area contributed by atoms with Gasteiger partial charge in [0.1, 0.15) is 0 Å². The van der Waals surface area contributed by atoms with Crippen molar-refractivity contribution in [3.05, 3.63) is 12.2 Å². The minimum atomic E-state index is -0.221. The zero-order valence-electron chi connectivity index (χ0n) is 8.79. The van der Waals surface area contributed by atoms with Gasteiger partial charge in [-0.05, 0) is 45.2 Å². The van der Waals surface area contributed by atoms with E-state index in [0.717, 1.165) is 25.4 Å². The largest absolute Gasteiger partial charge is 0.463 e. The van der Waals surface area contributed by atoms with E-state index in [2.05, 4.69) is 5.32 Å². The number of carbonyl (C=O) groups is 1. The van der Waals surface area contributed by atoms with E-state index in [0.29, 0.717) is 6.61 Å². The van der Waals surface area contributed by atoms with E-state index in [-0.39, 0.29) is 5.97 Å². The number of piperidine rings is 1. The summed E-state index contributed by atoms with van der Waals surface area (Å²) in [5.41, 5.74) is 0. The van der Waals surface area contributed by atoms with Crippen LogP contribution >= 0.6 is 0 Å². The number of hydrogen-bond donors (Lipinski definition) is 1. The molecular weight excluding hydrogens is 178 g/mol. The van der Waals surface area contributed by atoms with Crippen molar-refractivity contribution in [2.75, 3.05) is 19.7 Å². The molecule has 0 atom stereocenters. The Bertz CT molecular complexity index is 195. The van der Waals surface area contributed by atoms with Crippen molar-refractivity contribution in [2.45, 2.75) is 26.2 Å². The Morgan fingerprint density at radius 1 is 1.50 bits per heavy atom. The smallest absolute Gasteiger partial charge is 0.330 e. The molecular formula is C11H19NO2. The third-order valence-corrected chi connectivity index (χ3v) is 2.47. The Morgan fingerprint density at radius 3 is 2.86 bits per heavy atom. The van der Waals surface area contributed by atoms with E-state index in [1.807, 2.05) is 13.0 Å². The molecule has 0 amide bonds. The zero-order valence-corrected chi connectivity index (χ0v) is 8.79. The number of ether oxygens (including phenoxy) is 1. The molecule has 1 aliphatic rings. The number of esters is 1. The van der Waals surface area contributed by atoms with Crippen LogP contribution in [0.15, 0.2) is 12.2 Å². The van der Waals surface area contributed by atoms with Crippen molar-refractivity contribution in [1.29, 1.82) is 0 Å². The summed E-state index contributed by atoms with van der Waals surface area (Å²) >= 11 is 0. The second-order valence-electron chi connectivity index (χ2n) is 3.58. The van der Waals surface area contributed by atoms with Crippen molar-refractivity contribution < 1.29 is 9.53 Å². The first-order chi connectivity index (χ1) is 6.83. The molecule has 1 fully saturated rings. The van der Waals surface area contributed by atoms with E-state index >= 15 is 0 Å². The normalized spacial score (nSPS) is 18.6. The van der Waals surface area contributed by atoms with Gasteiger partial charge in [0.15, 0.2) is 0 Å². The quantitative estimate of drug-likeness (QED) is 0.548. The first kappa shape index (κ1) is 11.2. The van der Waals surface area contributed by atoms with Gasteiger partial charge in [-0.25, -0.2) is 4.79 Å². The number of allylic oxidation sites excluding steroid dienone is 1. The summed E-state index contributed by atoms with van der Waals surface area (Å²) in [5.74, 6) is 0.517. The average molecular weight is 197 g/mol. The topological polar surface area (TPSA) is 38.3 Å². The average Bonchev–Trinajstić information content (AvgIpc) is 2.20. The van der Waals surface area contributed by atoms with Gasteiger partial charge in [0, 0.05) is 6.08 Å². The van der Waals surface area contributed by atoms with Crippen molar-refractivity contribution in [1.82, 2.24) is 5.32 Å². The van der Waals surface area contributed by atoms with Crippen LogP contribution in [0, 0.1) is 5.92 Å². The van der Waals surface area contributed by atoms with Crippen molar-refractivity contribution in [2.24, 2.45) is 5.92 Å². The number of rotatable bonds is 4. The van der Waals surface area contributed by atoms with Gasteiger partial charge in [0.05, 0.1) is 6.61 Å². The van der Waals surface area contributed by atoms with Gasteiger partial charge in [-0.3, -0.25) is 0 Å². The molecule has 0 aromatic carbocycles. The van der Waals surface area contributed by atoms with Crippen molar-refractivity contribution >= 4 is 5.97 Å². The lowest BCUT2D eigenvalue weighted by molar-refractivity contribution is -0.137. The van der Waals surface area contributed by atoms with E-state index in [1.54, 1.807) is 6.08 Å². The van der Waals surface area contributed by atoms with Gasteiger partial charge in [-0.1, -0.05) is 6.08 Å². The fourth-order valence-corrected chi connectivity index (χ4v) is 1.66. The third kappa shape index (κ3) is 4.42. The number of nitrogens with one attached hydrogen (secondary N) is 1. The third-order valence-electron chi connectivity index (χ3n) is 2.47. The molecule has 3 heteroatoms. The Hall–Kier alpha value is -0.830. The molecule has 0 unspecified atom stereocenters.